The lowest BCUT2D eigenvalue weighted by Crippen LogP contribution is -1.95. The maximum Gasteiger partial charge on any atom is 0.146 e. The van der Waals surface area contributed by atoms with Crippen molar-refractivity contribution in [1.82, 2.24) is 4.98 Å². The number of rotatable bonds is 2. The maximum atomic E-state index is 13.5. The van der Waals surface area contributed by atoms with Crippen LogP contribution in [0.4, 0.5) is 15.8 Å². The van der Waals surface area contributed by atoms with Crippen LogP contribution in [-0.2, 0) is 0 Å². The van der Waals surface area contributed by atoms with Crippen LogP contribution in [0.2, 0.25) is 0 Å². The lowest BCUT2D eigenvalue weighted by atomic mass is 10.2. The van der Waals surface area contributed by atoms with Crippen LogP contribution in [0.25, 0.3) is 0 Å². The maximum absolute atomic E-state index is 13.5. The Balaban J connectivity index is 2.31. The minimum atomic E-state index is -0.358. The van der Waals surface area contributed by atoms with E-state index in [-0.39, 0.29) is 11.5 Å². The highest BCUT2D eigenvalue weighted by atomic mass is 79.9. The zero-order chi connectivity index (χ0) is 12.3. The van der Waals surface area contributed by atoms with Gasteiger partial charge in [-0.15, -0.1) is 0 Å². The summed E-state index contributed by atoms with van der Waals surface area (Å²) < 4.78 is 14.2. The summed E-state index contributed by atoms with van der Waals surface area (Å²) in [5, 5.41) is 11.6. The van der Waals surface area contributed by atoms with Crippen LogP contribution in [0.5, 0.6) is 0 Å². The molecule has 0 atom stereocenters. The molecule has 2 aromatic rings. The predicted octanol–water partition coefficient (Wildman–Crippen LogP) is 3.60. The van der Waals surface area contributed by atoms with Crippen molar-refractivity contribution in [1.29, 1.82) is 5.26 Å². The smallest absolute Gasteiger partial charge is 0.146 e. The number of aromatic nitrogens is 1. The van der Waals surface area contributed by atoms with Crippen molar-refractivity contribution < 1.29 is 4.39 Å². The molecule has 0 spiro atoms. The second-order valence-corrected chi connectivity index (χ2v) is 4.21. The van der Waals surface area contributed by atoms with Gasteiger partial charge in [0.1, 0.15) is 17.6 Å². The lowest BCUT2D eigenvalue weighted by molar-refractivity contribution is 0.631. The summed E-state index contributed by atoms with van der Waals surface area (Å²) in [6.07, 6.45) is 1.50. The molecule has 0 saturated heterocycles. The summed E-state index contributed by atoms with van der Waals surface area (Å²) in [5.41, 5.74) is 1.24. The predicted molar refractivity (Wildman–Crippen MR) is 66.3 cm³/mol. The number of hydrogen-bond acceptors (Lipinski definition) is 3. The van der Waals surface area contributed by atoms with Gasteiger partial charge < -0.3 is 5.32 Å². The first-order chi connectivity index (χ1) is 8.19. The fraction of sp³-hybridized carbons (Fsp3) is 0. The SMILES string of the molecule is N#Cc1cc(Nc2cc(Br)ccc2F)ccn1. The average Bonchev–Trinajstić information content (AvgIpc) is 2.34. The quantitative estimate of drug-likeness (QED) is 0.920. The number of nitrogens with zero attached hydrogens (tertiary/aromatic N) is 2. The van der Waals surface area contributed by atoms with Crippen LogP contribution < -0.4 is 5.32 Å². The molecule has 0 saturated carbocycles. The normalized spacial score (nSPS) is 9.71. The van der Waals surface area contributed by atoms with Gasteiger partial charge in [0.15, 0.2) is 0 Å². The molecule has 84 valence electrons. The fourth-order valence-corrected chi connectivity index (χ4v) is 1.68. The Bertz CT molecular complexity index is 593. The van der Waals surface area contributed by atoms with Gasteiger partial charge in [-0.25, -0.2) is 9.37 Å². The third-order valence-electron chi connectivity index (χ3n) is 2.08. The molecule has 0 unspecified atom stereocenters. The molecule has 0 aliphatic rings. The molecule has 2 rings (SSSR count). The Kier molecular flexibility index (Phi) is 3.35. The van der Waals surface area contributed by atoms with Gasteiger partial charge >= 0.3 is 0 Å². The standard InChI is InChI=1S/C12H7BrFN3/c13-8-1-2-11(14)12(5-8)17-9-3-4-16-10(6-9)7-15/h1-6H,(H,16,17). The van der Waals surface area contributed by atoms with Crippen molar-refractivity contribution in [2.75, 3.05) is 5.32 Å². The van der Waals surface area contributed by atoms with E-state index >= 15 is 0 Å². The summed E-state index contributed by atoms with van der Waals surface area (Å²) >= 11 is 3.27. The Morgan fingerprint density at radius 2 is 2.12 bits per heavy atom. The molecular formula is C12H7BrFN3. The zero-order valence-corrected chi connectivity index (χ0v) is 10.2. The molecule has 0 amide bonds. The van der Waals surface area contributed by atoms with Gasteiger partial charge in [-0.05, 0) is 30.3 Å². The first kappa shape index (κ1) is 11.6. The highest BCUT2D eigenvalue weighted by molar-refractivity contribution is 9.10. The van der Waals surface area contributed by atoms with Crippen molar-refractivity contribution in [3.8, 4) is 6.07 Å². The highest BCUT2D eigenvalue weighted by Crippen LogP contribution is 2.23. The Morgan fingerprint density at radius 1 is 1.29 bits per heavy atom. The Hall–Kier alpha value is -1.93. The van der Waals surface area contributed by atoms with Gasteiger partial charge in [-0.2, -0.15) is 5.26 Å². The Morgan fingerprint density at radius 3 is 2.88 bits per heavy atom. The van der Waals surface area contributed by atoms with Crippen molar-refractivity contribution in [2.45, 2.75) is 0 Å². The van der Waals surface area contributed by atoms with Crippen LogP contribution in [0.1, 0.15) is 5.69 Å². The summed E-state index contributed by atoms with van der Waals surface area (Å²) in [6.45, 7) is 0. The fourth-order valence-electron chi connectivity index (χ4n) is 1.32. The van der Waals surface area contributed by atoms with Crippen molar-refractivity contribution >= 4 is 27.3 Å². The van der Waals surface area contributed by atoms with Crippen LogP contribution in [0.3, 0.4) is 0 Å². The molecule has 3 nitrogen and oxygen atoms in total. The van der Waals surface area contributed by atoms with E-state index in [2.05, 4.69) is 26.2 Å². The monoisotopic (exact) mass is 291 g/mol. The van der Waals surface area contributed by atoms with Gasteiger partial charge in [0.05, 0.1) is 5.69 Å². The average molecular weight is 292 g/mol. The van der Waals surface area contributed by atoms with Crippen LogP contribution in [-0.4, -0.2) is 4.98 Å². The van der Waals surface area contributed by atoms with Gasteiger partial charge in [0, 0.05) is 16.4 Å². The number of nitriles is 1. The third-order valence-corrected chi connectivity index (χ3v) is 2.58. The highest BCUT2D eigenvalue weighted by Gasteiger charge is 2.03. The lowest BCUT2D eigenvalue weighted by Gasteiger charge is -2.07. The largest absolute Gasteiger partial charge is 0.353 e. The molecule has 0 radical (unpaired) electrons. The van der Waals surface area contributed by atoms with Crippen molar-refractivity contribution in [3.05, 3.63) is 52.5 Å². The summed E-state index contributed by atoms with van der Waals surface area (Å²) in [4.78, 5) is 3.84. The molecular weight excluding hydrogens is 285 g/mol. The number of halogens is 2. The number of anilines is 2. The van der Waals surface area contributed by atoms with Gasteiger partial charge in [0.25, 0.3) is 0 Å². The summed E-state index contributed by atoms with van der Waals surface area (Å²) in [7, 11) is 0. The molecule has 1 heterocycles. The summed E-state index contributed by atoms with van der Waals surface area (Å²) in [6, 6.07) is 9.75. The first-order valence-electron chi connectivity index (χ1n) is 4.77. The molecule has 1 N–H and O–H groups in total. The van der Waals surface area contributed by atoms with Crippen molar-refractivity contribution in [3.63, 3.8) is 0 Å². The van der Waals surface area contributed by atoms with E-state index in [4.69, 9.17) is 5.26 Å². The van der Waals surface area contributed by atoms with Gasteiger partial charge in [-0.3, -0.25) is 0 Å². The number of pyridine rings is 1. The van der Waals surface area contributed by atoms with E-state index in [0.29, 0.717) is 11.4 Å². The number of nitrogens with one attached hydrogen (secondary N) is 1. The topological polar surface area (TPSA) is 48.7 Å². The molecule has 0 aliphatic carbocycles. The minimum absolute atomic E-state index is 0.283. The first-order valence-corrected chi connectivity index (χ1v) is 5.56. The molecule has 1 aromatic carbocycles. The van der Waals surface area contributed by atoms with E-state index in [1.165, 1.54) is 12.3 Å². The van der Waals surface area contributed by atoms with Crippen LogP contribution in [0.15, 0.2) is 41.0 Å². The number of benzene rings is 1. The summed E-state index contributed by atoms with van der Waals surface area (Å²) in [5.74, 6) is -0.358. The Labute approximate surface area is 106 Å². The van der Waals surface area contributed by atoms with E-state index in [0.717, 1.165) is 4.47 Å². The molecule has 0 fully saturated rings. The van der Waals surface area contributed by atoms with Gasteiger partial charge in [0.2, 0.25) is 0 Å². The van der Waals surface area contributed by atoms with E-state index in [9.17, 15) is 4.39 Å². The molecule has 5 heteroatoms. The second kappa shape index (κ2) is 4.93. The molecule has 0 aliphatic heterocycles. The van der Waals surface area contributed by atoms with Crippen LogP contribution >= 0.6 is 15.9 Å². The second-order valence-electron chi connectivity index (χ2n) is 3.29. The van der Waals surface area contributed by atoms with Crippen LogP contribution in [0, 0.1) is 17.1 Å². The molecule has 0 bridgehead atoms. The zero-order valence-electron chi connectivity index (χ0n) is 8.61. The van der Waals surface area contributed by atoms with E-state index in [1.54, 1.807) is 24.3 Å². The van der Waals surface area contributed by atoms with Gasteiger partial charge in [-0.1, -0.05) is 15.9 Å². The van der Waals surface area contributed by atoms with E-state index in [1.807, 2.05) is 6.07 Å². The van der Waals surface area contributed by atoms with Crippen molar-refractivity contribution in [2.24, 2.45) is 0 Å². The molecule has 1 aromatic heterocycles. The minimum Gasteiger partial charge on any atom is -0.353 e. The number of hydrogen-bond donors (Lipinski definition) is 1. The van der Waals surface area contributed by atoms with E-state index < -0.39 is 0 Å². The molecule has 17 heavy (non-hydrogen) atoms. The third kappa shape index (κ3) is 2.80.